The molecule has 1 aromatic carbocycles. The minimum atomic E-state index is -0.513. The lowest BCUT2D eigenvalue weighted by Crippen LogP contribution is -2.20. The fraction of sp³-hybridized carbons (Fsp3) is 0.250. The van der Waals surface area contributed by atoms with Crippen molar-refractivity contribution in [3.63, 3.8) is 0 Å². The van der Waals surface area contributed by atoms with E-state index < -0.39 is 11.6 Å². The standard InChI is InChI=1S/C12H12F2N2S/c1-15-11(12-6-17-7-16-12)5-8-9(13)3-2-4-10(8)14/h2-4,6-7,11,15H,5H2,1H3. The van der Waals surface area contributed by atoms with Gasteiger partial charge in [-0.25, -0.2) is 13.8 Å². The SMILES string of the molecule is CNC(Cc1c(F)cccc1F)c1cscn1. The summed E-state index contributed by atoms with van der Waals surface area (Å²) in [6.45, 7) is 0. The molecular formula is C12H12F2N2S. The molecule has 1 unspecified atom stereocenters. The zero-order valence-corrected chi connectivity index (χ0v) is 10.1. The summed E-state index contributed by atoms with van der Waals surface area (Å²) in [7, 11) is 1.75. The van der Waals surface area contributed by atoms with Crippen molar-refractivity contribution >= 4 is 11.3 Å². The molecule has 90 valence electrons. The topological polar surface area (TPSA) is 24.9 Å². The van der Waals surface area contributed by atoms with Gasteiger partial charge in [0.05, 0.1) is 17.2 Å². The van der Waals surface area contributed by atoms with Crippen molar-refractivity contribution in [2.75, 3.05) is 7.05 Å². The van der Waals surface area contributed by atoms with Crippen LogP contribution < -0.4 is 5.32 Å². The molecule has 0 amide bonds. The summed E-state index contributed by atoms with van der Waals surface area (Å²) < 4.78 is 27.0. The summed E-state index contributed by atoms with van der Waals surface area (Å²) in [5.41, 5.74) is 2.61. The first kappa shape index (κ1) is 12.1. The number of aromatic nitrogens is 1. The molecule has 0 saturated heterocycles. The number of hydrogen-bond donors (Lipinski definition) is 1. The van der Waals surface area contributed by atoms with E-state index in [-0.39, 0.29) is 18.0 Å². The summed E-state index contributed by atoms with van der Waals surface area (Å²) in [4.78, 5) is 4.15. The summed E-state index contributed by atoms with van der Waals surface area (Å²) in [5.74, 6) is -1.03. The summed E-state index contributed by atoms with van der Waals surface area (Å²) in [6, 6.07) is 3.73. The predicted molar refractivity (Wildman–Crippen MR) is 64.0 cm³/mol. The van der Waals surface area contributed by atoms with E-state index in [0.717, 1.165) is 5.69 Å². The van der Waals surface area contributed by atoms with Crippen LogP contribution in [0.25, 0.3) is 0 Å². The summed E-state index contributed by atoms with van der Waals surface area (Å²) >= 11 is 1.46. The highest BCUT2D eigenvalue weighted by Crippen LogP contribution is 2.21. The number of benzene rings is 1. The summed E-state index contributed by atoms with van der Waals surface area (Å²) in [5, 5.41) is 4.89. The number of thiazole rings is 1. The summed E-state index contributed by atoms with van der Waals surface area (Å²) in [6.07, 6.45) is 0.249. The van der Waals surface area contributed by atoms with Crippen LogP contribution in [0.5, 0.6) is 0 Å². The van der Waals surface area contributed by atoms with E-state index in [1.54, 1.807) is 12.6 Å². The maximum absolute atomic E-state index is 13.5. The van der Waals surface area contributed by atoms with Crippen molar-refractivity contribution in [3.8, 4) is 0 Å². The van der Waals surface area contributed by atoms with Gasteiger partial charge in [-0.15, -0.1) is 11.3 Å². The first-order chi connectivity index (χ1) is 8.22. The van der Waals surface area contributed by atoms with Crippen LogP contribution in [0, 0.1) is 11.6 Å². The Hall–Kier alpha value is -1.33. The zero-order valence-electron chi connectivity index (χ0n) is 9.28. The molecule has 0 bridgehead atoms. The van der Waals surface area contributed by atoms with Crippen LogP contribution in [0.3, 0.4) is 0 Å². The Morgan fingerprint density at radius 1 is 1.35 bits per heavy atom. The lowest BCUT2D eigenvalue weighted by Gasteiger charge is -2.14. The quantitative estimate of drug-likeness (QED) is 0.907. The predicted octanol–water partition coefficient (Wildman–Crippen LogP) is 2.92. The Kier molecular flexibility index (Phi) is 3.81. The Bertz CT molecular complexity index is 465. The highest BCUT2D eigenvalue weighted by molar-refractivity contribution is 7.07. The van der Waals surface area contributed by atoms with Gasteiger partial charge in [0.1, 0.15) is 11.6 Å². The van der Waals surface area contributed by atoms with Gasteiger partial charge in [0.25, 0.3) is 0 Å². The van der Waals surface area contributed by atoms with Crippen molar-refractivity contribution in [2.45, 2.75) is 12.5 Å². The molecule has 0 saturated carbocycles. The second-order valence-corrected chi connectivity index (χ2v) is 4.38. The van der Waals surface area contributed by atoms with Crippen LogP contribution in [0.2, 0.25) is 0 Å². The van der Waals surface area contributed by atoms with Crippen LogP contribution in [0.1, 0.15) is 17.3 Å². The van der Waals surface area contributed by atoms with Crippen LogP contribution in [0.4, 0.5) is 8.78 Å². The third kappa shape index (κ3) is 2.68. The Balaban J connectivity index is 2.25. The fourth-order valence-electron chi connectivity index (χ4n) is 1.68. The smallest absolute Gasteiger partial charge is 0.129 e. The molecule has 5 heteroatoms. The lowest BCUT2D eigenvalue weighted by atomic mass is 10.0. The van der Waals surface area contributed by atoms with E-state index in [4.69, 9.17) is 0 Å². The average molecular weight is 254 g/mol. The molecule has 0 radical (unpaired) electrons. The van der Waals surface area contributed by atoms with E-state index in [2.05, 4.69) is 10.3 Å². The van der Waals surface area contributed by atoms with Gasteiger partial charge in [-0.3, -0.25) is 0 Å². The molecule has 2 aromatic rings. The first-order valence-electron chi connectivity index (χ1n) is 5.20. The van der Waals surface area contributed by atoms with Crippen molar-refractivity contribution in [2.24, 2.45) is 0 Å². The average Bonchev–Trinajstić information content (AvgIpc) is 2.82. The van der Waals surface area contributed by atoms with Gasteiger partial charge in [0.15, 0.2) is 0 Å². The lowest BCUT2D eigenvalue weighted by molar-refractivity contribution is 0.511. The third-order valence-corrected chi connectivity index (χ3v) is 3.23. The van der Waals surface area contributed by atoms with Crippen LogP contribution >= 0.6 is 11.3 Å². The molecule has 1 heterocycles. The molecule has 1 N–H and O–H groups in total. The largest absolute Gasteiger partial charge is 0.311 e. The third-order valence-electron chi connectivity index (χ3n) is 2.63. The number of nitrogens with one attached hydrogen (secondary N) is 1. The Labute approximate surface area is 102 Å². The zero-order chi connectivity index (χ0) is 12.3. The monoisotopic (exact) mass is 254 g/mol. The van der Waals surface area contributed by atoms with Crippen LogP contribution in [-0.4, -0.2) is 12.0 Å². The molecular weight excluding hydrogens is 242 g/mol. The maximum Gasteiger partial charge on any atom is 0.129 e. The fourth-order valence-corrected chi connectivity index (χ4v) is 2.29. The molecule has 17 heavy (non-hydrogen) atoms. The van der Waals surface area contributed by atoms with Gasteiger partial charge >= 0.3 is 0 Å². The van der Waals surface area contributed by atoms with Gasteiger partial charge in [-0.05, 0) is 25.6 Å². The number of hydrogen-bond acceptors (Lipinski definition) is 3. The number of rotatable bonds is 4. The molecule has 1 aromatic heterocycles. The molecule has 1 atom stereocenters. The van der Waals surface area contributed by atoms with Crippen molar-refractivity contribution in [3.05, 3.63) is 52.0 Å². The molecule has 0 spiro atoms. The molecule has 0 aliphatic heterocycles. The minimum absolute atomic E-state index is 0.0971. The molecule has 0 fully saturated rings. The van der Waals surface area contributed by atoms with Gasteiger partial charge in [-0.1, -0.05) is 6.07 Å². The number of nitrogens with zero attached hydrogens (tertiary/aromatic N) is 1. The normalized spacial score (nSPS) is 12.6. The van der Waals surface area contributed by atoms with E-state index in [1.165, 1.54) is 29.5 Å². The molecule has 0 aliphatic rings. The van der Waals surface area contributed by atoms with Crippen molar-refractivity contribution in [1.82, 2.24) is 10.3 Å². The Morgan fingerprint density at radius 3 is 2.59 bits per heavy atom. The highest BCUT2D eigenvalue weighted by Gasteiger charge is 2.17. The van der Waals surface area contributed by atoms with E-state index >= 15 is 0 Å². The van der Waals surface area contributed by atoms with Gasteiger partial charge < -0.3 is 5.32 Å². The van der Waals surface area contributed by atoms with Gasteiger partial charge in [-0.2, -0.15) is 0 Å². The minimum Gasteiger partial charge on any atom is -0.311 e. The van der Waals surface area contributed by atoms with Crippen LogP contribution in [-0.2, 0) is 6.42 Å². The number of halogens is 2. The van der Waals surface area contributed by atoms with Gasteiger partial charge in [0.2, 0.25) is 0 Å². The second-order valence-electron chi connectivity index (χ2n) is 3.66. The van der Waals surface area contributed by atoms with Crippen molar-refractivity contribution in [1.29, 1.82) is 0 Å². The second kappa shape index (κ2) is 5.33. The van der Waals surface area contributed by atoms with Crippen LogP contribution in [0.15, 0.2) is 29.1 Å². The maximum atomic E-state index is 13.5. The molecule has 2 rings (SSSR count). The van der Waals surface area contributed by atoms with E-state index in [0.29, 0.717) is 0 Å². The first-order valence-corrected chi connectivity index (χ1v) is 6.15. The molecule has 0 aliphatic carbocycles. The van der Waals surface area contributed by atoms with E-state index in [9.17, 15) is 8.78 Å². The van der Waals surface area contributed by atoms with E-state index in [1.807, 2.05) is 5.38 Å². The highest BCUT2D eigenvalue weighted by atomic mass is 32.1. The van der Waals surface area contributed by atoms with Crippen molar-refractivity contribution < 1.29 is 8.78 Å². The number of likely N-dealkylation sites (N-methyl/N-ethyl adjacent to an activating group) is 1. The Morgan fingerprint density at radius 2 is 2.06 bits per heavy atom. The van der Waals surface area contributed by atoms with Gasteiger partial charge in [0, 0.05) is 10.9 Å². The molecule has 2 nitrogen and oxygen atoms in total.